The van der Waals surface area contributed by atoms with E-state index in [0.29, 0.717) is 17.2 Å². The van der Waals surface area contributed by atoms with Gasteiger partial charge in [-0.3, -0.25) is 9.59 Å². The Hall–Kier alpha value is -3.19. The van der Waals surface area contributed by atoms with Gasteiger partial charge >= 0.3 is 0 Å². The molecule has 0 saturated carbocycles. The first kappa shape index (κ1) is 18.6. The molecular formula is C20H19N3O3S. The summed E-state index contributed by atoms with van der Waals surface area (Å²) in [5.41, 5.74) is 3.22. The highest BCUT2D eigenvalue weighted by Crippen LogP contribution is 2.26. The van der Waals surface area contributed by atoms with Crippen molar-refractivity contribution in [2.75, 3.05) is 13.2 Å². The van der Waals surface area contributed by atoms with E-state index in [-0.39, 0.29) is 12.5 Å². The number of carbonyl (C=O) groups is 2. The van der Waals surface area contributed by atoms with Gasteiger partial charge in [0, 0.05) is 5.56 Å². The van der Waals surface area contributed by atoms with Crippen LogP contribution in [0.2, 0.25) is 0 Å². The fourth-order valence-electron chi connectivity index (χ4n) is 2.55. The lowest BCUT2D eigenvalue weighted by Crippen LogP contribution is -2.34. The van der Waals surface area contributed by atoms with Crippen LogP contribution in [0.3, 0.4) is 0 Å². The summed E-state index contributed by atoms with van der Waals surface area (Å²) in [5, 5.41) is 10.4. The average Bonchev–Trinajstić information content (AvgIpc) is 3.22. The third kappa shape index (κ3) is 4.71. The van der Waals surface area contributed by atoms with Gasteiger partial charge in [-0.25, -0.2) is 5.43 Å². The maximum Gasteiger partial charge on any atom is 0.261 e. The Morgan fingerprint density at radius 1 is 1.15 bits per heavy atom. The van der Waals surface area contributed by atoms with Crippen molar-refractivity contribution in [3.8, 4) is 5.75 Å². The van der Waals surface area contributed by atoms with Crippen LogP contribution in [-0.2, 0) is 4.79 Å². The molecule has 3 rings (SSSR count). The molecule has 2 N–H and O–H groups in total. The number of hydrogen-bond acceptors (Lipinski definition) is 5. The van der Waals surface area contributed by atoms with Gasteiger partial charge in [0.25, 0.3) is 11.8 Å². The first-order chi connectivity index (χ1) is 13.2. The van der Waals surface area contributed by atoms with E-state index in [2.05, 4.69) is 15.8 Å². The molecule has 0 radical (unpaired) electrons. The Balaban J connectivity index is 1.66. The van der Waals surface area contributed by atoms with Crippen molar-refractivity contribution in [1.82, 2.24) is 10.7 Å². The topological polar surface area (TPSA) is 79.8 Å². The Labute approximate surface area is 160 Å². The van der Waals surface area contributed by atoms with Crippen LogP contribution in [0, 0.1) is 0 Å². The molecule has 0 aliphatic rings. The fraction of sp³-hybridized carbons (Fsp3) is 0.150. The zero-order valence-corrected chi connectivity index (χ0v) is 15.6. The van der Waals surface area contributed by atoms with Crippen LogP contribution in [0.1, 0.15) is 22.2 Å². The molecule has 27 heavy (non-hydrogen) atoms. The lowest BCUT2D eigenvalue weighted by atomic mass is 10.0. The van der Waals surface area contributed by atoms with Crippen molar-refractivity contribution >= 4 is 40.1 Å². The lowest BCUT2D eigenvalue weighted by molar-refractivity contribution is -0.120. The van der Waals surface area contributed by atoms with E-state index < -0.39 is 5.91 Å². The predicted molar refractivity (Wildman–Crippen MR) is 108 cm³/mol. The largest absolute Gasteiger partial charge is 0.493 e. The average molecular weight is 381 g/mol. The summed E-state index contributed by atoms with van der Waals surface area (Å²) in [6, 6.07) is 15.2. The highest BCUT2D eigenvalue weighted by molar-refractivity contribution is 7.12. The maximum absolute atomic E-state index is 11.9. The fourth-order valence-corrected chi connectivity index (χ4v) is 3.19. The third-order valence-electron chi connectivity index (χ3n) is 3.77. The molecule has 0 aliphatic carbocycles. The van der Waals surface area contributed by atoms with Gasteiger partial charge in [-0.1, -0.05) is 36.4 Å². The standard InChI is InChI=1S/C20H19N3O3S/c1-2-26-17-10-9-14-6-3-4-7-15(14)16(17)12-22-23-19(24)13-21-20(25)18-8-5-11-27-18/h3-12H,2,13H2,1H3,(H,21,25)(H,23,24)/b22-12-. The van der Waals surface area contributed by atoms with Gasteiger partial charge in [0.05, 0.1) is 24.2 Å². The number of benzene rings is 2. The summed E-state index contributed by atoms with van der Waals surface area (Å²) in [6.07, 6.45) is 1.56. The van der Waals surface area contributed by atoms with E-state index in [9.17, 15) is 9.59 Å². The summed E-state index contributed by atoms with van der Waals surface area (Å²) >= 11 is 1.32. The van der Waals surface area contributed by atoms with Crippen LogP contribution in [0.15, 0.2) is 59.0 Å². The smallest absolute Gasteiger partial charge is 0.261 e. The van der Waals surface area contributed by atoms with Crippen molar-refractivity contribution in [3.05, 3.63) is 64.4 Å². The Bertz CT molecular complexity index is 968. The summed E-state index contributed by atoms with van der Waals surface area (Å²) in [7, 11) is 0. The summed E-state index contributed by atoms with van der Waals surface area (Å²) in [4.78, 5) is 24.3. The third-order valence-corrected chi connectivity index (χ3v) is 4.64. The van der Waals surface area contributed by atoms with Gasteiger partial charge in [-0.05, 0) is 35.2 Å². The number of hydrogen-bond donors (Lipinski definition) is 2. The summed E-state index contributed by atoms with van der Waals surface area (Å²) in [6.45, 7) is 2.29. The number of carbonyl (C=O) groups excluding carboxylic acids is 2. The second-order valence-electron chi connectivity index (χ2n) is 5.58. The molecule has 0 saturated heterocycles. The van der Waals surface area contributed by atoms with E-state index >= 15 is 0 Å². The lowest BCUT2D eigenvalue weighted by Gasteiger charge is -2.10. The molecule has 0 unspecified atom stereocenters. The van der Waals surface area contributed by atoms with E-state index in [1.807, 2.05) is 43.3 Å². The molecule has 0 spiro atoms. The van der Waals surface area contributed by atoms with Gasteiger partial charge in [0.1, 0.15) is 5.75 Å². The minimum atomic E-state index is -0.408. The summed E-state index contributed by atoms with van der Waals surface area (Å²) < 4.78 is 5.66. The highest BCUT2D eigenvalue weighted by atomic mass is 32.1. The minimum Gasteiger partial charge on any atom is -0.493 e. The number of fused-ring (bicyclic) bond motifs is 1. The van der Waals surface area contributed by atoms with Crippen LogP contribution in [0.5, 0.6) is 5.75 Å². The molecule has 7 heteroatoms. The van der Waals surface area contributed by atoms with Gasteiger partial charge in [0.2, 0.25) is 0 Å². The van der Waals surface area contributed by atoms with Gasteiger partial charge < -0.3 is 10.1 Å². The molecular weight excluding hydrogens is 362 g/mol. The van der Waals surface area contributed by atoms with E-state index in [1.54, 1.807) is 23.7 Å². The number of hydrazone groups is 1. The Morgan fingerprint density at radius 3 is 2.78 bits per heavy atom. The molecule has 0 fully saturated rings. The number of nitrogens with one attached hydrogen (secondary N) is 2. The maximum atomic E-state index is 11.9. The normalized spacial score (nSPS) is 10.9. The van der Waals surface area contributed by atoms with Gasteiger partial charge in [-0.15, -0.1) is 11.3 Å². The van der Waals surface area contributed by atoms with Crippen LogP contribution in [0.4, 0.5) is 0 Å². The monoisotopic (exact) mass is 381 g/mol. The first-order valence-corrected chi connectivity index (χ1v) is 9.35. The molecule has 0 bridgehead atoms. The van der Waals surface area contributed by atoms with Crippen molar-refractivity contribution in [1.29, 1.82) is 0 Å². The molecule has 1 heterocycles. The molecule has 0 atom stereocenters. The molecule has 2 amide bonds. The zero-order chi connectivity index (χ0) is 19.1. The second kappa shape index (κ2) is 8.95. The quantitative estimate of drug-likeness (QED) is 0.487. The Kier molecular flexibility index (Phi) is 6.17. The molecule has 1 aromatic heterocycles. The number of rotatable bonds is 7. The molecule has 0 aliphatic heterocycles. The highest BCUT2D eigenvalue weighted by Gasteiger charge is 2.09. The van der Waals surface area contributed by atoms with E-state index in [0.717, 1.165) is 16.3 Å². The number of amides is 2. The Morgan fingerprint density at radius 2 is 2.00 bits per heavy atom. The van der Waals surface area contributed by atoms with E-state index in [1.165, 1.54) is 11.3 Å². The van der Waals surface area contributed by atoms with Crippen molar-refractivity contribution in [2.45, 2.75) is 6.92 Å². The van der Waals surface area contributed by atoms with Crippen LogP contribution < -0.4 is 15.5 Å². The predicted octanol–water partition coefficient (Wildman–Crippen LogP) is 3.18. The number of ether oxygens (including phenoxy) is 1. The number of thiophene rings is 1. The van der Waals surface area contributed by atoms with Gasteiger partial charge in [0.15, 0.2) is 0 Å². The minimum absolute atomic E-state index is 0.151. The summed E-state index contributed by atoms with van der Waals surface area (Å²) in [5.74, 6) is 0.00589. The van der Waals surface area contributed by atoms with Crippen LogP contribution >= 0.6 is 11.3 Å². The SMILES string of the molecule is CCOc1ccc2ccccc2c1/C=N\NC(=O)CNC(=O)c1cccs1. The van der Waals surface area contributed by atoms with Crippen molar-refractivity contribution < 1.29 is 14.3 Å². The van der Waals surface area contributed by atoms with Crippen LogP contribution in [0.25, 0.3) is 10.8 Å². The van der Waals surface area contributed by atoms with Crippen molar-refractivity contribution in [3.63, 3.8) is 0 Å². The van der Waals surface area contributed by atoms with E-state index in [4.69, 9.17) is 4.74 Å². The second-order valence-corrected chi connectivity index (χ2v) is 6.53. The van der Waals surface area contributed by atoms with Crippen LogP contribution in [-0.4, -0.2) is 31.2 Å². The van der Waals surface area contributed by atoms with Crippen molar-refractivity contribution in [2.24, 2.45) is 5.10 Å². The first-order valence-electron chi connectivity index (χ1n) is 8.47. The zero-order valence-electron chi connectivity index (χ0n) is 14.8. The molecule has 2 aromatic carbocycles. The van der Waals surface area contributed by atoms with Gasteiger partial charge in [-0.2, -0.15) is 5.10 Å². The molecule has 138 valence electrons. The molecule has 3 aromatic rings. The number of nitrogens with zero attached hydrogens (tertiary/aromatic N) is 1. The molecule has 6 nitrogen and oxygen atoms in total.